The fourth-order valence-electron chi connectivity index (χ4n) is 5.62. The maximum atomic E-state index is 6.76. The van der Waals surface area contributed by atoms with E-state index < -0.39 is 0 Å². The minimum atomic E-state index is 0.149. The van der Waals surface area contributed by atoms with Gasteiger partial charge in [-0.15, -0.1) is 0 Å². The molecule has 0 saturated heterocycles. The van der Waals surface area contributed by atoms with Crippen molar-refractivity contribution >= 4 is 49.0 Å². The van der Waals surface area contributed by atoms with Gasteiger partial charge in [-0.2, -0.15) is 0 Å². The number of nitrogens with zero attached hydrogens (tertiary/aromatic N) is 1. The van der Waals surface area contributed by atoms with Crippen LogP contribution in [0, 0.1) is 5.41 Å². The lowest BCUT2D eigenvalue weighted by Gasteiger charge is -2.42. The van der Waals surface area contributed by atoms with Crippen molar-refractivity contribution in [2.24, 2.45) is 5.41 Å². The Morgan fingerprint density at radius 1 is 0.824 bits per heavy atom. The van der Waals surface area contributed by atoms with Gasteiger partial charge in [-0.25, -0.2) is 0 Å². The highest BCUT2D eigenvalue weighted by molar-refractivity contribution is 6.19. The van der Waals surface area contributed by atoms with E-state index in [1.165, 1.54) is 53.3 Å². The van der Waals surface area contributed by atoms with Crippen LogP contribution in [0.2, 0.25) is 0 Å². The second-order valence-electron chi connectivity index (χ2n) is 12.5. The third kappa shape index (κ3) is 3.96. The molecular weight excluding hydrogens is 412 g/mol. The van der Waals surface area contributed by atoms with Crippen molar-refractivity contribution in [3.8, 4) is 0 Å². The van der Waals surface area contributed by atoms with E-state index in [4.69, 9.17) is 4.42 Å². The average Bonchev–Trinajstić information content (AvgIpc) is 3.19. The number of hydrogen-bond donors (Lipinski definition) is 0. The Labute approximate surface area is 206 Å². The topological polar surface area (TPSA) is 16.4 Å². The molecule has 34 heavy (non-hydrogen) atoms. The Balaban J connectivity index is 1.59. The number of hydrogen-bond acceptors (Lipinski definition) is 2. The van der Waals surface area contributed by atoms with Crippen LogP contribution in [-0.4, -0.2) is 22.7 Å². The highest BCUT2D eigenvalue weighted by Gasteiger charge is 2.37. The summed E-state index contributed by atoms with van der Waals surface area (Å²) in [4.78, 5) is 2.25. The molecule has 1 aromatic heterocycles. The van der Waals surface area contributed by atoms with E-state index >= 15 is 0 Å². The monoisotopic (exact) mass is 449 g/mol. The molecule has 0 bridgehead atoms. The first-order valence-electron chi connectivity index (χ1n) is 12.8. The lowest BCUT2D eigenvalue weighted by Crippen LogP contribution is -2.35. The fourth-order valence-corrected chi connectivity index (χ4v) is 5.62. The molecule has 4 heteroatoms. The number of para-hydroxylation sites is 2. The molecule has 0 N–H and O–H groups in total. The Bertz CT molecular complexity index is 1330. The van der Waals surface area contributed by atoms with Gasteiger partial charge < -0.3 is 9.32 Å². The first-order valence-corrected chi connectivity index (χ1v) is 12.8. The van der Waals surface area contributed by atoms with E-state index in [0.717, 1.165) is 16.9 Å². The zero-order chi connectivity index (χ0) is 24.3. The molecule has 5 rings (SSSR count). The summed E-state index contributed by atoms with van der Waals surface area (Å²) >= 11 is 0. The van der Waals surface area contributed by atoms with E-state index in [1.807, 2.05) is 0 Å². The SMILES string of the molecule is BC(C)(C)c1ccc(N(C)c2cccc3c2oc2c(C4(B)CCC(C)(C)CC4)cccc23)cc1. The Morgan fingerprint density at radius 2 is 1.41 bits per heavy atom. The second kappa shape index (κ2) is 7.97. The molecule has 0 unspecified atom stereocenters. The predicted molar refractivity (Wildman–Crippen MR) is 152 cm³/mol. The smallest absolute Gasteiger partial charge is 0.159 e. The molecular formula is C30H37B2NO. The summed E-state index contributed by atoms with van der Waals surface area (Å²) in [6.45, 7) is 9.33. The lowest BCUT2D eigenvalue weighted by atomic mass is 9.53. The Hall–Kier alpha value is -2.61. The summed E-state index contributed by atoms with van der Waals surface area (Å²) < 4.78 is 6.76. The molecule has 174 valence electrons. The molecule has 3 aromatic carbocycles. The van der Waals surface area contributed by atoms with Crippen LogP contribution in [0.15, 0.2) is 65.1 Å². The summed E-state index contributed by atoms with van der Waals surface area (Å²) in [5.41, 5.74) is 7.50. The van der Waals surface area contributed by atoms with E-state index in [1.54, 1.807) is 0 Å². The molecule has 1 fully saturated rings. The lowest BCUT2D eigenvalue weighted by molar-refractivity contribution is 0.206. The maximum Gasteiger partial charge on any atom is 0.159 e. The van der Waals surface area contributed by atoms with Crippen LogP contribution in [0.3, 0.4) is 0 Å². The van der Waals surface area contributed by atoms with Crippen LogP contribution in [0.1, 0.15) is 64.5 Å². The molecule has 1 aliphatic rings. The molecule has 2 nitrogen and oxygen atoms in total. The molecule has 1 aliphatic carbocycles. The molecule has 1 heterocycles. The number of fused-ring (bicyclic) bond motifs is 3. The largest absolute Gasteiger partial charge is 0.454 e. The summed E-state index contributed by atoms with van der Waals surface area (Å²) in [6.07, 6.45) is 4.95. The molecule has 0 spiro atoms. The third-order valence-electron chi connectivity index (χ3n) is 8.34. The highest BCUT2D eigenvalue weighted by Crippen LogP contribution is 2.48. The normalized spacial score (nSPS) is 17.8. The van der Waals surface area contributed by atoms with Crippen LogP contribution >= 0.6 is 0 Å². The van der Waals surface area contributed by atoms with Gasteiger partial charge in [0, 0.05) is 23.5 Å². The van der Waals surface area contributed by atoms with Gasteiger partial charge in [0.1, 0.15) is 21.3 Å². The Morgan fingerprint density at radius 3 is 2.03 bits per heavy atom. The van der Waals surface area contributed by atoms with Crippen molar-refractivity contribution in [1.29, 1.82) is 0 Å². The van der Waals surface area contributed by atoms with E-state index in [-0.39, 0.29) is 10.6 Å². The van der Waals surface area contributed by atoms with Crippen molar-refractivity contribution < 1.29 is 4.42 Å². The van der Waals surface area contributed by atoms with E-state index in [9.17, 15) is 0 Å². The quantitative estimate of drug-likeness (QED) is 0.325. The summed E-state index contributed by atoms with van der Waals surface area (Å²) in [6, 6.07) is 22.2. The molecule has 0 amide bonds. The summed E-state index contributed by atoms with van der Waals surface area (Å²) in [7, 11) is 6.83. The van der Waals surface area contributed by atoms with Crippen molar-refractivity contribution in [3.63, 3.8) is 0 Å². The number of furan rings is 1. The van der Waals surface area contributed by atoms with Crippen LogP contribution in [-0.2, 0) is 10.6 Å². The summed E-state index contributed by atoms with van der Waals surface area (Å²) in [5.74, 6) is 0. The van der Waals surface area contributed by atoms with Gasteiger partial charge in [-0.3, -0.25) is 0 Å². The van der Waals surface area contributed by atoms with Gasteiger partial charge in [-0.1, -0.05) is 88.6 Å². The predicted octanol–water partition coefficient (Wildman–Crippen LogP) is 6.65. The minimum Gasteiger partial charge on any atom is -0.454 e. The zero-order valence-electron chi connectivity index (χ0n) is 22.0. The molecule has 0 radical (unpaired) electrons. The standard InChI is InChI=1S/C30H37B2NO/c1-28(2)16-18-30(32,19-17-28)24-10-6-8-22-23-9-7-11-25(27(23)34-26(22)24)33(5)21-14-12-20(13-15-21)29(3,4)31/h6-15H,16-19,31-32H2,1-5H3. The molecule has 0 atom stereocenters. The van der Waals surface area contributed by atoms with Crippen molar-refractivity contribution in [3.05, 3.63) is 71.8 Å². The van der Waals surface area contributed by atoms with Crippen LogP contribution in [0.25, 0.3) is 21.9 Å². The van der Waals surface area contributed by atoms with Gasteiger partial charge in [-0.05, 0) is 52.6 Å². The maximum absolute atomic E-state index is 6.76. The third-order valence-corrected chi connectivity index (χ3v) is 8.34. The number of anilines is 2. The minimum absolute atomic E-state index is 0.149. The average molecular weight is 449 g/mol. The van der Waals surface area contributed by atoms with E-state index in [0.29, 0.717) is 5.41 Å². The van der Waals surface area contributed by atoms with E-state index in [2.05, 4.69) is 116 Å². The second-order valence-corrected chi connectivity index (χ2v) is 12.5. The van der Waals surface area contributed by atoms with Crippen molar-refractivity contribution in [1.82, 2.24) is 0 Å². The van der Waals surface area contributed by atoms with Crippen LogP contribution in [0.5, 0.6) is 0 Å². The van der Waals surface area contributed by atoms with Crippen LogP contribution < -0.4 is 4.90 Å². The summed E-state index contributed by atoms with van der Waals surface area (Å²) in [5, 5.41) is 2.75. The number of rotatable bonds is 4. The van der Waals surface area contributed by atoms with Gasteiger partial charge >= 0.3 is 0 Å². The zero-order valence-corrected chi connectivity index (χ0v) is 22.0. The van der Waals surface area contributed by atoms with Gasteiger partial charge in [0.2, 0.25) is 0 Å². The highest BCUT2D eigenvalue weighted by atomic mass is 16.3. The molecule has 4 aromatic rings. The van der Waals surface area contributed by atoms with Gasteiger partial charge in [0.25, 0.3) is 0 Å². The first-order chi connectivity index (χ1) is 16.0. The fraction of sp³-hybridized carbons (Fsp3) is 0.400. The Kier molecular flexibility index (Phi) is 5.43. The van der Waals surface area contributed by atoms with Crippen molar-refractivity contribution in [2.75, 3.05) is 11.9 Å². The number of benzene rings is 3. The van der Waals surface area contributed by atoms with Crippen LogP contribution in [0.4, 0.5) is 11.4 Å². The molecule has 0 aliphatic heterocycles. The van der Waals surface area contributed by atoms with Gasteiger partial charge in [0.15, 0.2) is 5.58 Å². The molecule has 1 saturated carbocycles. The van der Waals surface area contributed by atoms with Crippen molar-refractivity contribution in [2.45, 2.75) is 64.0 Å². The first kappa shape index (κ1) is 23.1. The van der Waals surface area contributed by atoms with Gasteiger partial charge in [0.05, 0.1) is 5.69 Å².